The highest BCUT2D eigenvalue weighted by molar-refractivity contribution is 7.18. The molecule has 0 radical (unpaired) electrons. The van der Waals surface area contributed by atoms with Crippen LogP contribution in [0.2, 0.25) is 0 Å². The lowest BCUT2D eigenvalue weighted by Gasteiger charge is -2.11. The van der Waals surface area contributed by atoms with Crippen molar-refractivity contribution in [3.05, 3.63) is 45.3 Å². The molecule has 0 saturated heterocycles. The number of amides is 1. The van der Waals surface area contributed by atoms with Gasteiger partial charge in [-0.15, -0.1) is 11.3 Å². The highest BCUT2D eigenvalue weighted by atomic mass is 32.1. The fourth-order valence-corrected chi connectivity index (χ4v) is 3.76. The number of ether oxygens (including phenoxy) is 2. The van der Waals surface area contributed by atoms with Crippen LogP contribution in [0.15, 0.2) is 18.2 Å². The molecule has 2 N–H and O–H groups in total. The summed E-state index contributed by atoms with van der Waals surface area (Å²) in [5, 5.41) is 6.06. The van der Waals surface area contributed by atoms with Crippen LogP contribution in [-0.2, 0) is 14.3 Å². The average molecular weight is 404 g/mol. The molecule has 2 rings (SSSR count). The maximum Gasteiger partial charge on any atom is 0.348 e. The summed E-state index contributed by atoms with van der Waals surface area (Å²) in [5.74, 6) is -1.50. The quantitative estimate of drug-likeness (QED) is 0.684. The highest BCUT2D eigenvalue weighted by Crippen LogP contribution is 2.34. The smallest absolute Gasteiger partial charge is 0.348 e. The first-order valence-corrected chi connectivity index (χ1v) is 9.60. The van der Waals surface area contributed by atoms with Crippen molar-refractivity contribution in [2.24, 2.45) is 0 Å². The van der Waals surface area contributed by atoms with E-state index in [1.165, 1.54) is 7.11 Å². The third-order valence-electron chi connectivity index (χ3n) is 4.29. The van der Waals surface area contributed by atoms with Crippen molar-refractivity contribution in [1.29, 1.82) is 0 Å². The van der Waals surface area contributed by atoms with E-state index in [1.54, 1.807) is 13.8 Å². The fourth-order valence-electron chi connectivity index (χ4n) is 2.63. The normalized spacial score (nSPS) is 10.3. The van der Waals surface area contributed by atoms with Crippen LogP contribution < -0.4 is 10.6 Å². The van der Waals surface area contributed by atoms with E-state index in [0.29, 0.717) is 5.56 Å². The number of hydrogen-bond acceptors (Lipinski definition) is 7. The van der Waals surface area contributed by atoms with E-state index >= 15 is 0 Å². The summed E-state index contributed by atoms with van der Waals surface area (Å²) < 4.78 is 9.82. The summed E-state index contributed by atoms with van der Waals surface area (Å²) in [7, 11) is 1.26. The van der Waals surface area contributed by atoms with Gasteiger partial charge in [0.05, 0.1) is 25.8 Å². The molecular formula is C20H24N2O5S. The Morgan fingerprint density at radius 3 is 2.43 bits per heavy atom. The standard InChI is InChI=1S/C20H24N2O5S/c1-6-27-19(24)16-13(4)17(20(25)26-5)28-18(16)22-15(23)10-21-14-9-7-8-11(2)12(14)3/h7-9,21H,6,10H2,1-5H3,(H,22,23). The Morgan fingerprint density at radius 1 is 1.07 bits per heavy atom. The topological polar surface area (TPSA) is 93.7 Å². The largest absolute Gasteiger partial charge is 0.465 e. The molecule has 0 unspecified atom stereocenters. The molecule has 0 atom stereocenters. The predicted octanol–water partition coefficient (Wildman–Crippen LogP) is 3.69. The second-order valence-electron chi connectivity index (χ2n) is 6.12. The molecule has 1 aromatic heterocycles. The third-order valence-corrected chi connectivity index (χ3v) is 5.48. The first kappa shape index (κ1) is 21.4. The summed E-state index contributed by atoms with van der Waals surface area (Å²) in [4.78, 5) is 37.0. The molecule has 150 valence electrons. The molecule has 2 aromatic rings. The summed E-state index contributed by atoms with van der Waals surface area (Å²) in [6, 6.07) is 5.80. The van der Waals surface area contributed by atoms with E-state index in [4.69, 9.17) is 9.47 Å². The Balaban J connectivity index is 2.21. The molecule has 0 spiro atoms. The zero-order valence-corrected chi connectivity index (χ0v) is 17.4. The highest BCUT2D eigenvalue weighted by Gasteiger charge is 2.27. The Kier molecular flexibility index (Phi) is 7.17. The van der Waals surface area contributed by atoms with Gasteiger partial charge in [0.15, 0.2) is 0 Å². The molecule has 0 aliphatic heterocycles. The summed E-state index contributed by atoms with van der Waals surface area (Å²) in [5.41, 5.74) is 3.63. The van der Waals surface area contributed by atoms with Gasteiger partial charge >= 0.3 is 11.9 Å². The number of benzene rings is 1. The number of carbonyl (C=O) groups excluding carboxylic acids is 3. The van der Waals surface area contributed by atoms with Crippen molar-refractivity contribution in [3.63, 3.8) is 0 Å². The van der Waals surface area contributed by atoms with Crippen molar-refractivity contribution < 1.29 is 23.9 Å². The van der Waals surface area contributed by atoms with Gasteiger partial charge in [0.1, 0.15) is 9.88 Å². The van der Waals surface area contributed by atoms with Gasteiger partial charge in [0, 0.05) is 5.69 Å². The minimum absolute atomic E-state index is 0.0110. The van der Waals surface area contributed by atoms with Gasteiger partial charge in [-0.25, -0.2) is 9.59 Å². The second kappa shape index (κ2) is 9.36. The molecule has 0 aliphatic rings. The number of thiophene rings is 1. The Hall–Kier alpha value is -2.87. The van der Waals surface area contributed by atoms with Crippen LogP contribution in [0.1, 0.15) is 43.6 Å². The van der Waals surface area contributed by atoms with Crippen LogP contribution in [0.5, 0.6) is 0 Å². The van der Waals surface area contributed by atoms with Gasteiger partial charge in [0.2, 0.25) is 5.91 Å². The minimum atomic E-state index is -0.593. The number of carbonyl (C=O) groups is 3. The van der Waals surface area contributed by atoms with Gasteiger partial charge in [-0.2, -0.15) is 0 Å². The molecule has 28 heavy (non-hydrogen) atoms. The number of aryl methyl sites for hydroxylation is 1. The minimum Gasteiger partial charge on any atom is -0.465 e. The van der Waals surface area contributed by atoms with Crippen LogP contribution in [0.3, 0.4) is 0 Å². The van der Waals surface area contributed by atoms with E-state index in [9.17, 15) is 14.4 Å². The Bertz CT molecular complexity index is 904. The van der Waals surface area contributed by atoms with Crippen LogP contribution in [0, 0.1) is 20.8 Å². The maximum absolute atomic E-state index is 12.4. The van der Waals surface area contributed by atoms with Gasteiger partial charge < -0.3 is 20.1 Å². The monoisotopic (exact) mass is 404 g/mol. The summed E-state index contributed by atoms with van der Waals surface area (Å²) in [6.07, 6.45) is 0. The Labute approximate surface area is 168 Å². The zero-order chi connectivity index (χ0) is 20.8. The second-order valence-corrected chi connectivity index (χ2v) is 7.14. The predicted molar refractivity (Wildman–Crippen MR) is 109 cm³/mol. The van der Waals surface area contributed by atoms with Crippen molar-refractivity contribution in [3.8, 4) is 0 Å². The van der Waals surface area contributed by atoms with Crippen LogP contribution >= 0.6 is 11.3 Å². The molecule has 0 saturated carbocycles. The van der Waals surface area contributed by atoms with Crippen molar-refractivity contribution >= 4 is 39.9 Å². The van der Waals surface area contributed by atoms with Gasteiger partial charge in [-0.1, -0.05) is 12.1 Å². The molecule has 0 aliphatic carbocycles. The average Bonchev–Trinajstić information content (AvgIpc) is 2.98. The SMILES string of the molecule is CCOC(=O)c1c(NC(=O)CNc2cccc(C)c2C)sc(C(=O)OC)c1C. The lowest BCUT2D eigenvalue weighted by molar-refractivity contribution is -0.114. The number of hydrogen-bond donors (Lipinski definition) is 2. The molecule has 8 heteroatoms. The molecular weight excluding hydrogens is 380 g/mol. The van der Waals surface area contributed by atoms with Crippen LogP contribution in [0.25, 0.3) is 0 Å². The van der Waals surface area contributed by atoms with E-state index in [0.717, 1.165) is 28.2 Å². The van der Waals surface area contributed by atoms with E-state index in [1.807, 2.05) is 32.0 Å². The molecule has 1 heterocycles. The van der Waals surface area contributed by atoms with Crippen molar-refractivity contribution in [1.82, 2.24) is 0 Å². The van der Waals surface area contributed by atoms with Gasteiger partial charge in [-0.05, 0) is 50.5 Å². The Morgan fingerprint density at radius 2 is 1.79 bits per heavy atom. The summed E-state index contributed by atoms with van der Waals surface area (Å²) >= 11 is 0.993. The van der Waals surface area contributed by atoms with Crippen LogP contribution in [0.4, 0.5) is 10.7 Å². The number of nitrogens with one attached hydrogen (secondary N) is 2. The molecule has 7 nitrogen and oxygen atoms in total. The molecule has 0 bridgehead atoms. The fraction of sp³-hybridized carbons (Fsp3) is 0.350. The first-order valence-electron chi connectivity index (χ1n) is 8.78. The number of anilines is 2. The van der Waals surface area contributed by atoms with Gasteiger partial charge in [0.25, 0.3) is 0 Å². The maximum atomic E-state index is 12.4. The zero-order valence-electron chi connectivity index (χ0n) is 16.6. The number of methoxy groups -OCH3 is 1. The van der Waals surface area contributed by atoms with E-state index < -0.39 is 11.9 Å². The van der Waals surface area contributed by atoms with Gasteiger partial charge in [-0.3, -0.25) is 4.79 Å². The number of rotatable bonds is 7. The van der Waals surface area contributed by atoms with Crippen molar-refractivity contribution in [2.45, 2.75) is 27.7 Å². The third kappa shape index (κ3) is 4.69. The lowest BCUT2D eigenvalue weighted by Crippen LogP contribution is -2.23. The molecule has 0 fully saturated rings. The van der Waals surface area contributed by atoms with Crippen LogP contribution in [-0.4, -0.2) is 38.1 Å². The molecule has 1 amide bonds. The number of esters is 2. The lowest BCUT2D eigenvalue weighted by atomic mass is 10.1. The van der Waals surface area contributed by atoms with Crippen molar-refractivity contribution in [2.75, 3.05) is 30.9 Å². The first-order chi connectivity index (χ1) is 13.3. The summed E-state index contributed by atoms with van der Waals surface area (Å²) in [6.45, 7) is 7.47. The van der Waals surface area contributed by atoms with E-state index in [-0.39, 0.29) is 34.5 Å². The van der Waals surface area contributed by atoms with E-state index in [2.05, 4.69) is 10.6 Å². The molecule has 1 aromatic carbocycles.